The zero-order chi connectivity index (χ0) is 11.8. The van der Waals surface area contributed by atoms with Crippen LogP contribution in [0.2, 0.25) is 0 Å². The number of hydrogen-bond acceptors (Lipinski definition) is 1. The minimum absolute atomic E-state index is 0.634. The van der Waals surface area contributed by atoms with Gasteiger partial charge in [0.05, 0.1) is 0 Å². The van der Waals surface area contributed by atoms with Crippen molar-refractivity contribution in [1.29, 1.82) is 0 Å². The second kappa shape index (κ2) is 7.45. The summed E-state index contributed by atoms with van der Waals surface area (Å²) in [5, 5.41) is 3.59. The number of likely N-dealkylation sites (N-methyl/N-ethyl adjacent to an activating group) is 1. The summed E-state index contributed by atoms with van der Waals surface area (Å²) in [6.07, 6.45) is 3.74. The highest BCUT2D eigenvalue weighted by Crippen LogP contribution is 2.11. The van der Waals surface area contributed by atoms with Crippen LogP contribution in [0.4, 0.5) is 0 Å². The third-order valence-electron chi connectivity index (χ3n) is 2.91. The summed E-state index contributed by atoms with van der Waals surface area (Å²) >= 11 is 0. The van der Waals surface area contributed by atoms with Gasteiger partial charge in [0.1, 0.15) is 0 Å². The van der Waals surface area contributed by atoms with Crippen LogP contribution >= 0.6 is 0 Å². The predicted molar refractivity (Wildman–Crippen MR) is 71.7 cm³/mol. The van der Waals surface area contributed by atoms with Gasteiger partial charge in [-0.05, 0) is 37.3 Å². The van der Waals surface area contributed by atoms with E-state index in [0.29, 0.717) is 6.04 Å². The van der Waals surface area contributed by atoms with Crippen LogP contribution in [0.3, 0.4) is 0 Å². The Kier molecular flexibility index (Phi) is 6.17. The summed E-state index contributed by atoms with van der Waals surface area (Å²) in [5.74, 6) is 0.803. The molecule has 90 valence electrons. The van der Waals surface area contributed by atoms with Gasteiger partial charge < -0.3 is 5.32 Å². The lowest BCUT2D eigenvalue weighted by Gasteiger charge is -2.19. The number of rotatable bonds is 7. The van der Waals surface area contributed by atoms with Crippen LogP contribution in [-0.2, 0) is 6.42 Å². The quantitative estimate of drug-likeness (QED) is 0.738. The Bertz CT molecular complexity index is 266. The number of nitrogens with one attached hydrogen (secondary N) is 1. The van der Waals surface area contributed by atoms with E-state index in [2.05, 4.69) is 56.4 Å². The zero-order valence-corrected chi connectivity index (χ0v) is 10.9. The molecule has 0 spiro atoms. The Morgan fingerprint density at radius 1 is 1.06 bits per heavy atom. The maximum absolute atomic E-state index is 3.59. The van der Waals surface area contributed by atoms with Gasteiger partial charge in [-0.2, -0.15) is 0 Å². The van der Waals surface area contributed by atoms with Crippen molar-refractivity contribution in [2.75, 3.05) is 6.54 Å². The smallest absolute Gasteiger partial charge is 0.0107 e. The third-order valence-corrected chi connectivity index (χ3v) is 2.91. The lowest BCUT2D eigenvalue weighted by molar-refractivity contribution is 0.434. The molecule has 1 unspecified atom stereocenters. The van der Waals surface area contributed by atoms with E-state index >= 15 is 0 Å². The van der Waals surface area contributed by atoms with Crippen molar-refractivity contribution in [2.45, 2.75) is 46.1 Å². The first-order chi connectivity index (χ1) is 7.72. The molecule has 1 nitrogen and oxygen atoms in total. The van der Waals surface area contributed by atoms with Crippen molar-refractivity contribution in [3.63, 3.8) is 0 Å². The maximum Gasteiger partial charge on any atom is 0.0107 e. The standard InChI is InChI=1S/C15H25N/c1-4-16-15(11-10-13(2)3)12-14-8-6-5-7-9-14/h5-9,13,15-16H,4,10-12H2,1-3H3. The topological polar surface area (TPSA) is 12.0 Å². The van der Waals surface area contributed by atoms with Crippen LogP contribution in [-0.4, -0.2) is 12.6 Å². The van der Waals surface area contributed by atoms with Gasteiger partial charge in [-0.3, -0.25) is 0 Å². The summed E-state index contributed by atoms with van der Waals surface area (Å²) in [6.45, 7) is 7.85. The van der Waals surface area contributed by atoms with Gasteiger partial charge in [-0.1, -0.05) is 51.1 Å². The molecular weight excluding hydrogens is 194 g/mol. The van der Waals surface area contributed by atoms with E-state index in [-0.39, 0.29) is 0 Å². The summed E-state index contributed by atoms with van der Waals surface area (Å²) in [4.78, 5) is 0. The van der Waals surface area contributed by atoms with E-state index in [1.807, 2.05) is 0 Å². The minimum atomic E-state index is 0.634. The fourth-order valence-corrected chi connectivity index (χ4v) is 2.00. The normalized spacial score (nSPS) is 13.0. The molecule has 1 rings (SSSR count). The van der Waals surface area contributed by atoms with Crippen LogP contribution in [0.5, 0.6) is 0 Å². The second-order valence-electron chi connectivity index (χ2n) is 4.92. The van der Waals surface area contributed by atoms with Crippen molar-refractivity contribution in [2.24, 2.45) is 5.92 Å². The molecule has 0 radical (unpaired) electrons. The SMILES string of the molecule is CCNC(CCC(C)C)Cc1ccccc1. The van der Waals surface area contributed by atoms with Gasteiger partial charge in [0.2, 0.25) is 0 Å². The maximum atomic E-state index is 3.59. The first kappa shape index (κ1) is 13.2. The highest BCUT2D eigenvalue weighted by Gasteiger charge is 2.08. The van der Waals surface area contributed by atoms with Crippen LogP contribution in [0.1, 0.15) is 39.2 Å². The fraction of sp³-hybridized carbons (Fsp3) is 0.600. The third kappa shape index (κ3) is 5.32. The minimum Gasteiger partial charge on any atom is -0.314 e. The molecular formula is C15H25N. The highest BCUT2D eigenvalue weighted by molar-refractivity contribution is 5.15. The Balaban J connectivity index is 2.44. The monoisotopic (exact) mass is 219 g/mol. The number of hydrogen-bond donors (Lipinski definition) is 1. The van der Waals surface area contributed by atoms with Crippen LogP contribution in [0.15, 0.2) is 30.3 Å². The molecule has 0 bridgehead atoms. The summed E-state index contributed by atoms with van der Waals surface area (Å²) in [5.41, 5.74) is 1.44. The van der Waals surface area contributed by atoms with Crippen molar-refractivity contribution >= 4 is 0 Å². The van der Waals surface area contributed by atoms with Gasteiger partial charge in [0.15, 0.2) is 0 Å². The lowest BCUT2D eigenvalue weighted by Crippen LogP contribution is -2.31. The molecule has 1 heteroatoms. The molecule has 1 aromatic rings. The molecule has 0 aliphatic heterocycles. The van der Waals surface area contributed by atoms with Gasteiger partial charge in [0, 0.05) is 6.04 Å². The molecule has 0 fully saturated rings. The Labute approximate surface area is 100 Å². The highest BCUT2D eigenvalue weighted by atomic mass is 14.9. The molecule has 1 atom stereocenters. The van der Waals surface area contributed by atoms with Crippen molar-refractivity contribution in [3.05, 3.63) is 35.9 Å². The van der Waals surface area contributed by atoms with Crippen LogP contribution in [0.25, 0.3) is 0 Å². The van der Waals surface area contributed by atoms with E-state index in [1.54, 1.807) is 0 Å². The van der Waals surface area contributed by atoms with E-state index in [9.17, 15) is 0 Å². The molecule has 1 aromatic carbocycles. The van der Waals surface area contributed by atoms with Gasteiger partial charge in [-0.25, -0.2) is 0 Å². The van der Waals surface area contributed by atoms with Crippen LogP contribution in [0, 0.1) is 5.92 Å². The van der Waals surface area contributed by atoms with Crippen molar-refractivity contribution in [1.82, 2.24) is 5.32 Å². The average Bonchev–Trinajstić information content (AvgIpc) is 2.27. The zero-order valence-electron chi connectivity index (χ0n) is 10.9. The Morgan fingerprint density at radius 3 is 2.31 bits per heavy atom. The molecule has 0 saturated heterocycles. The molecule has 0 aliphatic rings. The van der Waals surface area contributed by atoms with Gasteiger partial charge in [0.25, 0.3) is 0 Å². The van der Waals surface area contributed by atoms with E-state index < -0.39 is 0 Å². The van der Waals surface area contributed by atoms with Crippen LogP contribution < -0.4 is 5.32 Å². The molecule has 0 heterocycles. The average molecular weight is 219 g/mol. The van der Waals surface area contributed by atoms with Gasteiger partial charge in [-0.15, -0.1) is 0 Å². The van der Waals surface area contributed by atoms with Crippen molar-refractivity contribution < 1.29 is 0 Å². The molecule has 0 saturated carbocycles. The Morgan fingerprint density at radius 2 is 1.75 bits per heavy atom. The predicted octanol–water partition coefficient (Wildman–Crippen LogP) is 3.64. The van der Waals surface area contributed by atoms with E-state index in [1.165, 1.54) is 18.4 Å². The lowest BCUT2D eigenvalue weighted by atomic mass is 9.98. The molecule has 1 N–H and O–H groups in total. The summed E-state index contributed by atoms with van der Waals surface area (Å²) in [7, 11) is 0. The molecule has 0 aromatic heterocycles. The summed E-state index contributed by atoms with van der Waals surface area (Å²) < 4.78 is 0. The fourth-order valence-electron chi connectivity index (χ4n) is 2.00. The Hall–Kier alpha value is -0.820. The second-order valence-corrected chi connectivity index (χ2v) is 4.92. The van der Waals surface area contributed by atoms with Gasteiger partial charge >= 0.3 is 0 Å². The molecule has 0 aliphatic carbocycles. The molecule has 16 heavy (non-hydrogen) atoms. The first-order valence-electron chi connectivity index (χ1n) is 6.49. The van der Waals surface area contributed by atoms with E-state index in [0.717, 1.165) is 18.9 Å². The largest absolute Gasteiger partial charge is 0.314 e. The number of benzene rings is 1. The summed E-state index contributed by atoms with van der Waals surface area (Å²) in [6, 6.07) is 11.4. The first-order valence-corrected chi connectivity index (χ1v) is 6.49. The van der Waals surface area contributed by atoms with E-state index in [4.69, 9.17) is 0 Å². The van der Waals surface area contributed by atoms with Crippen molar-refractivity contribution in [3.8, 4) is 0 Å². The molecule has 0 amide bonds.